The highest BCUT2D eigenvalue weighted by Gasteiger charge is 2.27. The first-order valence-electron chi connectivity index (χ1n) is 6.01. The smallest absolute Gasteiger partial charge is 0.411 e. The Balaban J connectivity index is 2.78. The van der Waals surface area contributed by atoms with Gasteiger partial charge in [-0.15, -0.1) is 0 Å². The van der Waals surface area contributed by atoms with Crippen molar-refractivity contribution in [1.29, 1.82) is 0 Å². The molecule has 5 nitrogen and oxygen atoms in total. The van der Waals surface area contributed by atoms with E-state index in [-0.39, 0.29) is 13.0 Å². The average molecular weight is 307 g/mol. The molecule has 1 aromatic carbocycles. The minimum Gasteiger partial charge on any atom is -0.496 e. The molecule has 1 rings (SSSR count). The zero-order valence-electron chi connectivity index (χ0n) is 11.3. The van der Waals surface area contributed by atoms with Crippen molar-refractivity contribution in [2.45, 2.75) is 25.2 Å². The van der Waals surface area contributed by atoms with Gasteiger partial charge >= 0.3 is 12.1 Å². The van der Waals surface area contributed by atoms with Crippen molar-refractivity contribution in [1.82, 2.24) is 0 Å². The zero-order chi connectivity index (χ0) is 16.0. The fourth-order valence-electron chi connectivity index (χ4n) is 1.69. The summed E-state index contributed by atoms with van der Waals surface area (Å²) in [4.78, 5) is 10.7. The number of benzene rings is 1. The van der Waals surface area contributed by atoms with E-state index in [9.17, 15) is 18.0 Å². The van der Waals surface area contributed by atoms with Crippen LogP contribution in [-0.2, 0) is 22.6 Å². The van der Waals surface area contributed by atoms with Crippen molar-refractivity contribution in [3.8, 4) is 5.75 Å². The minimum atomic E-state index is -4.41. The van der Waals surface area contributed by atoms with Crippen LogP contribution >= 0.6 is 0 Å². The van der Waals surface area contributed by atoms with Gasteiger partial charge in [0.2, 0.25) is 0 Å². The Kier molecular flexibility index (Phi) is 5.98. The first-order valence-corrected chi connectivity index (χ1v) is 6.01. The molecule has 1 atom stereocenters. The molecule has 118 valence electrons. The molecule has 0 saturated carbocycles. The molecule has 0 amide bonds. The van der Waals surface area contributed by atoms with Crippen molar-refractivity contribution >= 4 is 5.97 Å². The monoisotopic (exact) mass is 307 g/mol. The lowest BCUT2D eigenvalue weighted by molar-refractivity contribution is -0.176. The van der Waals surface area contributed by atoms with Gasteiger partial charge in [0.25, 0.3) is 0 Å². The van der Waals surface area contributed by atoms with Gasteiger partial charge in [0.1, 0.15) is 18.4 Å². The molecule has 1 unspecified atom stereocenters. The highest BCUT2D eigenvalue weighted by molar-refractivity contribution is 5.73. The van der Waals surface area contributed by atoms with Gasteiger partial charge in [-0.1, -0.05) is 6.07 Å². The SMILES string of the molecule is COc1ccc(CC(N)C(=O)O)cc1COCC(F)(F)F. The molecule has 0 bridgehead atoms. The van der Waals surface area contributed by atoms with Crippen molar-refractivity contribution in [2.75, 3.05) is 13.7 Å². The van der Waals surface area contributed by atoms with Crippen molar-refractivity contribution in [3.05, 3.63) is 29.3 Å². The first kappa shape index (κ1) is 17.3. The quantitative estimate of drug-likeness (QED) is 0.801. The van der Waals surface area contributed by atoms with Gasteiger partial charge in [-0.2, -0.15) is 13.2 Å². The molecule has 0 saturated heterocycles. The summed E-state index contributed by atoms with van der Waals surface area (Å²) in [7, 11) is 1.38. The predicted octanol–water partition coefficient (Wildman–Crippen LogP) is 1.73. The van der Waals surface area contributed by atoms with Crippen LogP contribution in [0.4, 0.5) is 13.2 Å². The summed E-state index contributed by atoms with van der Waals surface area (Å²) in [5.74, 6) is -0.787. The van der Waals surface area contributed by atoms with Gasteiger partial charge in [-0.05, 0) is 24.1 Å². The Hall–Kier alpha value is -1.80. The van der Waals surface area contributed by atoms with Crippen LogP contribution in [0.2, 0.25) is 0 Å². The molecule has 3 N–H and O–H groups in total. The predicted molar refractivity (Wildman–Crippen MR) is 68.0 cm³/mol. The first-order chi connectivity index (χ1) is 9.73. The number of carboxylic acid groups (broad SMARTS) is 1. The van der Waals surface area contributed by atoms with Crippen molar-refractivity contribution in [3.63, 3.8) is 0 Å². The maximum absolute atomic E-state index is 12.0. The summed E-state index contributed by atoms with van der Waals surface area (Å²) in [6.07, 6.45) is -4.35. The van der Waals surface area contributed by atoms with Crippen LogP contribution in [0.15, 0.2) is 18.2 Å². The van der Waals surface area contributed by atoms with E-state index in [4.69, 9.17) is 15.6 Å². The Labute approximate surface area is 119 Å². The minimum absolute atomic E-state index is 0.0611. The van der Waals surface area contributed by atoms with E-state index in [0.29, 0.717) is 16.9 Å². The number of methoxy groups -OCH3 is 1. The third kappa shape index (κ3) is 6.01. The van der Waals surface area contributed by atoms with Gasteiger partial charge in [-0.25, -0.2) is 0 Å². The average Bonchev–Trinajstić information content (AvgIpc) is 2.37. The Morgan fingerprint density at radius 1 is 1.43 bits per heavy atom. The second-order valence-electron chi connectivity index (χ2n) is 4.40. The Bertz CT molecular complexity index is 491. The van der Waals surface area contributed by atoms with Gasteiger partial charge in [0.15, 0.2) is 0 Å². The molecule has 0 aliphatic heterocycles. The number of aliphatic carboxylic acids is 1. The number of hydrogen-bond acceptors (Lipinski definition) is 4. The van der Waals surface area contributed by atoms with Crippen LogP contribution in [-0.4, -0.2) is 37.0 Å². The molecule has 21 heavy (non-hydrogen) atoms. The lowest BCUT2D eigenvalue weighted by atomic mass is 10.0. The number of hydrogen-bond donors (Lipinski definition) is 2. The lowest BCUT2D eigenvalue weighted by Crippen LogP contribution is -2.32. The van der Waals surface area contributed by atoms with E-state index in [1.807, 2.05) is 0 Å². The van der Waals surface area contributed by atoms with Crippen LogP contribution in [0.25, 0.3) is 0 Å². The fraction of sp³-hybridized carbons (Fsp3) is 0.462. The maximum Gasteiger partial charge on any atom is 0.411 e. The fourth-order valence-corrected chi connectivity index (χ4v) is 1.69. The van der Waals surface area contributed by atoms with E-state index in [0.717, 1.165) is 0 Å². The largest absolute Gasteiger partial charge is 0.496 e. The maximum atomic E-state index is 12.0. The summed E-state index contributed by atoms with van der Waals surface area (Å²) in [6.45, 7) is -1.66. The summed E-state index contributed by atoms with van der Waals surface area (Å²) >= 11 is 0. The van der Waals surface area contributed by atoms with Crippen LogP contribution in [0.5, 0.6) is 5.75 Å². The molecule has 8 heteroatoms. The number of halogens is 3. The molecule has 0 fully saturated rings. The van der Waals surface area contributed by atoms with Crippen LogP contribution in [0, 0.1) is 0 Å². The van der Waals surface area contributed by atoms with Gasteiger partial charge < -0.3 is 20.3 Å². The lowest BCUT2D eigenvalue weighted by Gasteiger charge is -2.13. The Morgan fingerprint density at radius 3 is 2.62 bits per heavy atom. The van der Waals surface area contributed by atoms with Crippen LogP contribution in [0.1, 0.15) is 11.1 Å². The van der Waals surface area contributed by atoms with Gasteiger partial charge in [0, 0.05) is 5.56 Å². The topological polar surface area (TPSA) is 81.8 Å². The molecular formula is C13H16F3NO4. The van der Waals surface area contributed by atoms with E-state index in [1.54, 1.807) is 6.07 Å². The van der Waals surface area contributed by atoms with E-state index in [1.165, 1.54) is 19.2 Å². The molecule has 0 spiro atoms. The van der Waals surface area contributed by atoms with Crippen molar-refractivity contribution < 1.29 is 32.5 Å². The summed E-state index contributed by atoms with van der Waals surface area (Å²) in [5, 5.41) is 8.74. The second kappa shape index (κ2) is 7.28. The normalized spacial score (nSPS) is 13.0. The Morgan fingerprint density at radius 2 is 2.10 bits per heavy atom. The summed E-state index contributed by atoms with van der Waals surface area (Å²) in [6, 6.07) is 3.59. The summed E-state index contributed by atoms with van der Waals surface area (Å²) in [5.41, 5.74) is 6.40. The second-order valence-corrected chi connectivity index (χ2v) is 4.40. The van der Waals surface area contributed by atoms with Gasteiger partial charge in [-0.3, -0.25) is 4.79 Å². The van der Waals surface area contributed by atoms with Crippen LogP contribution in [0.3, 0.4) is 0 Å². The number of alkyl halides is 3. The zero-order valence-corrected chi connectivity index (χ0v) is 11.3. The van der Waals surface area contributed by atoms with E-state index < -0.39 is 24.8 Å². The highest BCUT2D eigenvalue weighted by atomic mass is 19.4. The van der Waals surface area contributed by atoms with E-state index >= 15 is 0 Å². The number of ether oxygens (including phenoxy) is 2. The van der Waals surface area contributed by atoms with Crippen LogP contribution < -0.4 is 10.5 Å². The van der Waals surface area contributed by atoms with Gasteiger partial charge in [0.05, 0.1) is 13.7 Å². The highest BCUT2D eigenvalue weighted by Crippen LogP contribution is 2.23. The molecule has 0 aliphatic carbocycles. The molecule has 1 aromatic rings. The molecule has 0 aromatic heterocycles. The third-order valence-electron chi connectivity index (χ3n) is 2.64. The standard InChI is InChI=1S/C13H16F3NO4/c1-20-11-3-2-8(5-10(17)12(18)19)4-9(11)6-21-7-13(14,15)16/h2-4,10H,5-7,17H2,1H3,(H,18,19). The number of nitrogens with two attached hydrogens (primary N) is 1. The summed E-state index contributed by atoms with van der Waals surface area (Å²) < 4.78 is 45.7. The third-order valence-corrected chi connectivity index (χ3v) is 2.64. The van der Waals surface area contributed by atoms with E-state index in [2.05, 4.69) is 4.74 Å². The molecule has 0 radical (unpaired) electrons. The molecule has 0 aliphatic rings. The number of carboxylic acids is 1. The molecular weight excluding hydrogens is 291 g/mol. The van der Waals surface area contributed by atoms with Crippen molar-refractivity contribution in [2.24, 2.45) is 5.73 Å². The number of carbonyl (C=O) groups is 1. The number of rotatable bonds is 7. The molecule has 0 heterocycles.